The van der Waals surface area contributed by atoms with Crippen molar-refractivity contribution in [3.63, 3.8) is 0 Å². The fraction of sp³-hybridized carbons (Fsp3) is 0.543. The quantitative estimate of drug-likeness (QED) is 0.0190. The largest absolute Gasteiger partial charge is 0.462 e. The molecule has 5 atom stereocenters. The van der Waals surface area contributed by atoms with Crippen LogP contribution in [-0.4, -0.2) is 61.9 Å². The number of nitrogens with zero attached hydrogens (tertiary/aromatic N) is 4. The summed E-state index contributed by atoms with van der Waals surface area (Å²) in [4.78, 5) is 38.7. The number of halogens is 1. The molecule has 0 aliphatic carbocycles. The molecule has 0 spiro atoms. The SMILES string of the molecule is C#C[C@]1(CO[P@@](=O)(N[C@@H](Cc2ccccc2)C(=O)OC(C)C)Oc2ccccc2)O[C@@H](n2cnc3c(N)nc(F)nc32)C[C@@H]1OC(=O)CCCCCCCCCCCCCCC. The average Bonchev–Trinajstić information content (AvgIpc) is 3.83. The number of nitrogens with one attached hydrogen (secondary N) is 1. The maximum absolute atomic E-state index is 14.9. The van der Waals surface area contributed by atoms with Crippen LogP contribution < -0.4 is 15.3 Å². The maximum Gasteiger partial charge on any atom is 0.459 e. The number of anilines is 1. The number of esters is 2. The number of para-hydroxylation sites is 1. The van der Waals surface area contributed by atoms with Crippen molar-refractivity contribution in [1.82, 2.24) is 24.6 Å². The van der Waals surface area contributed by atoms with Crippen LogP contribution in [-0.2, 0) is 39.3 Å². The standard InChI is InChI=1S/C46H62FN6O8P/c1-5-7-8-9-10-11-12-13-14-15-16-17-24-29-40(54)59-38-31-39(53-33-49-41-42(48)50-45(47)51-43(41)53)60-46(38,6-2)32-57-62(56,61-36-27-22-19-23-28-36)52-37(44(55)58-34(3)4)30-35-25-20-18-21-26-35/h2,18-23,25-28,33-34,37-39H,5,7-17,24,29-32H2,1,3-4H3,(H,52,56)(H2,48,50,51)/t37-,38-,39+,46+,62-/m0/s1. The number of rotatable bonds is 27. The zero-order valence-corrected chi connectivity index (χ0v) is 37.1. The normalized spacial score (nSPS) is 18.9. The second-order valence-corrected chi connectivity index (χ2v) is 17.7. The minimum Gasteiger partial charge on any atom is -0.462 e. The summed E-state index contributed by atoms with van der Waals surface area (Å²) >= 11 is 0. The minimum atomic E-state index is -4.55. The maximum atomic E-state index is 14.9. The van der Waals surface area contributed by atoms with E-state index in [1.165, 1.54) is 68.7 Å². The summed E-state index contributed by atoms with van der Waals surface area (Å²) in [6.45, 7) is 5.01. The van der Waals surface area contributed by atoms with Crippen LogP contribution in [0, 0.1) is 18.4 Å². The highest BCUT2D eigenvalue weighted by Crippen LogP contribution is 2.49. The van der Waals surface area contributed by atoms with Crippen LogP contribution in [0.15, 0.2) is 67.0 Å². The topological polar surface area (TPSA) is 179 Å². The van der Waals surface area contributed by atoms with E-state index in [9.17, 15) is 18.5 Å². The predicted molar refractivity (Wildman–Crippen MR) is 235 cm³/mol. The summed E-state index contributed by atoms with van der Waals surface area (Å²) in [5.41, 5.74) is 4.99. The van der Waals surface area contributed by atoms with Crippen molar-refractivity contribution in [2.45, 2.75) is 154 Å². The molecule has 16 heteroatoms. The summed E-state index contributed by atoms with van der Waals surface area (Å²) < 4.78 is 61.0. The summed E-state index contributed by atoms with van der Waals surface area (Å²) in [5.74, 6) is 1.41. The highest BCUT2D eigenvalue weighted by Gasteiger charge is 2.53. The lowest BCUT2D eigenvalue weighted by Gasteiger charge is -2.31. The fourth-order valence-electron chi connectivity index (χ4n) is 7.40. The van der Waals surface area contributed by atoms with Gasteiger partial charge in [0.05, 0.1) is 12.4 Å². The Balaban J connectivity index is 1.32. The average molecular weight is 877 g/mol. The molecule has 2 aromatic heterocycles. The van der Waals surface area contributed by atoms with Crippen LogP contribution in [0.1, 0.15) is 129 Å². The molecule has 1 fully saturated rings. The molecule has 1 aliphatic heterocycles. The number of imidazole rings is 1. The van der Waals surface area contributed by atoms with Gasteiger partial charge in [-0.1, -0.05) is 138 Å². The first-order valence-corrected chi connectivity index (χ1v) is 23.5. The number of hydrogen-bond donors (Lipinski definition) is 2. The highest BCUT2D eigenvalue weighted by atomic mass is 31.2. The van der Waals surface area contributed by atoms with Crippen molar-refractivity contribution in [3.05, 3.63) is 78.6 Å². The van der Waals surface area contributed by atoms with E-state index in [2.05, 4.69) is 32.9 Å². The second-order valence-electron chi connectivity index (χ2n) is 16.0. The van der Waals surface area contributed by atoms with E-state index in [1.807, 2.05) is 30.3 Å². The van der Waals surface area contributed by atoms with Gasteiger partial charge in [-0.05, 0) is 44.4 Å². The first kappa shape index (κ1) is 48.2. The van der Waals surface area contributed by atoms with Crippen molar-refractivity contribution in [2.75, 3.05) is 12.3 Å². The molecule has 0 saturated carbocycles. The summed E-state index contributed by atoms with van der Waals surface area (Å²) in [7, 11) is -4.55. The number of nitrogens with two attached hydrogens (primary N) is 1. The molecule has 3 N–H and O–H groups in total. The smallest absolute Gasteiger partial charge is 0.459 e. The zero-order chi connectivity index (χ0) is 44.4. The Labute approximate surface area is 364 Å². The first-order valence-electron chi connectivity index (χ1n) is 22.0. The van der Waals surface area contributed by atoms with Gasteiger partial charge < -0.3 is 24.5 Å². The molecular weight excluding hydrogens is 815 g/mol. The minimum absolute atomic E-state index is 0.0259. The third-order valence-corrected chi connectivity index (χ3v) is 12.2. The van der Waals surface area contributed by atoms with E-state index in [-0.39, 0.29) is 42.0 Å². The van der Waals surface area contributed by atoms with Crippen LogP contribution in [0.2, 0.25) is 0 Å². The molecule has 0 amide bonds. The number of aromatic nitrogens is 4. The lowest BCUT2D eigenvalue weighted by atomic mass is 9.98. The Morgan fingerprint density at radius 1 is 0.968 bits per heavy atom. The third-order valence-electron chi connectivity index (χ3n) is 10.7. The number of ether oxygens (including phenoxy) is 3. The summed E-state index contributed by atoms with van der Waals surface area (Å²) in [6.07, 6.45) is 19.1. The van der Waals surface area contributed by atoms with Crippen LogP contribution in [0.3, 0.4) is 0 Å². The molecular formula is C46H62FN6O8P. The van der Waals surface area contributed by atoms with Crippen LogP contribution in [0.5, 0.6) is 5.75 Å². The van der Waals surface area contributed by atoms with Crippen molar-refractivity contribution in [3.8, 4) is 18.1 Å². The molecule has 3 heterocycles. The van der Waals surface area contributed by atoms with Crippen LogP contribution >= 0.6 is 7.75 Å². The molecule has 0 unspecified atom stereocenters. The molecule has 0 bridgehead atoms. The van der Waals surface area contributed by atoms with E-state index in [1.54, 1.807) is 44.2 Å². The van der Waals surface area contributed by atoms with Gasteiger partial charge in [0.1, 0.15) is 30.7 Å². The Morgan fingerprint density at radius 3 is 2.19 bits per heavy atom. The molecule has 336 valence electrons. The lowest BCUT2D eigenvalue weighted by molar-refractivity contribution is -0.158. The Kier molecular flexibility index (Phi) is 18.7. The summed E-state index contributed by atoms with van der Waals surface area (Å²) in [6, 6.07) is 16.2. The molecule has 62 heavy (non-hydrogen) atoms. The third kappa shape index (κ3) is 14.3. The molecule has 5 rings (SSSR count). The molecule has 1 saturated heterocycles. The molecule has 0 radical (unpaired) electrons. The summed E-state index contributed by atoms with van der Waals surface area (Å²) in [5, 5.41) is 2.81. The van der Waals surface area contributed by atoms with E-state index in [0.29, 0.717) is 6.42 Å². The number of carbonyl (C=O) groups is 2. The van der Waals surface area contributed by atoms with Gasteiger partial charge in [0.25, 0.3) is 0 Å². The molecule has 2 aromatic carbocycles. The monoisotopic (exact) mass is 876 g/mol. The zero-order valence-electron chi connectivity index (χ0n) is 36.2. The predicted octanol–water partition coefficient (Wildman–Crippen LogP) is 9.59. The van der Waals surface area contributed by atoms with Gasteiger partial charge in [-0.2, -0.15) is 19.4 Å². The van der Waals surface area contributed by atoms with Gasteiger partial charge in [0.2, 0.25) is 0 Å². The number of unbranched alkanes of at least 4 members (excludes halogenated alkanes) is 12. The Bertz CT molecular complexity index is 2100. The van der Waals surface area contributed by atoms with E-state index < -0.39 is 62.4 Å². The lowest BCUT2D eigenvalue weighted by Crippen LogP contribution is -2.46. The van der Waals surface area contributed by atoms with Gasteiger partial charge >= 0.3 is 25.8 Å². The number of carbonyl (C=O) groups excluding carboxylic acids is 2. The molecule has 1 aliphatic rings. The first-order chi connectivity index (χ1) is 29.9. The van der Waals surface area contributed by atoms with Gasteiger partial charge in [-0.25, -0.2) is 9.55 Å². The van der Waals surface area contributed by atoms with Crippen molar-refractivity contribution < 1.29 is 41.8 Å². The van der Waals surface area contributed by atoms with Gasteiger partial charge in [-0.15, -0.1) is 6.42 Å². The van der Waals surface area contributed by atoms with Crippen molar-refractivity contribution >= 4 is 36.7 Å². The number of nitrogen functional groups attached to an aromatic ring is 1. The van der Waals surface area contributed by atoms with Gasteiger partial charge in [0.15, 0.2) is 22.6 Å². The molecule has 14 nitrogen and oxygen atoms in total. The van der Waals surface area contributed by atoms with E-state index in [0.717, 1.165) is 24.8 Å². The molecule has 4 aromatic rings. The van der Waals surface area contributed by atoms with Crippen LogP contribution in [0.25, 0.3) is 11.2 Å². The van der Waals surface area contributed by atoms with Gasteiger partial charge in [0, 0.05) is 12.8 Å². The fourth-order valence-corrected chi connectivity index (χ4v) is 8.92. The number of fused-ring (bicyclic) bond motifs is 1. The Hall–Kier alpha value is -4.87. The number of benzene rings is 2. The number of hydrogen-bond acceptors (Lipinski definition) is 12. The second kappa shape index (κ2) is 24.1. The van der Waals surface area contributed by atoms with Crippen molar-refractivity contribution in [1.29, 1.82) is 0 Å². The van der Waals surface area contributed by atoms with Gasteiger partial charge in [-0.3, -0.25) is 18.7 Å². The highest BCUT2D eigenvalue weighted by molar-refractivity contribution is 7.52. The van der Waals surface area contributed by atoms with Crippen molar-refractivity contribution in [2.24, 2.45) is 0 Å². The van der Waals surface area contributed by atoms with Crippen LogP contribution in [0.4, 0.5) is 10.2 Å². The number of terminal acetylenes is 1. The van der Waals surface area contributed by atoms with E-state index in [4.69, 9.17) is 35.4 Å². The van der Waals surface area contributed by atoms with E-state index >= 15 is 0 Å². The Morgan fingerprint density at radius 2 is 1.58 bits per heavy atom.